The maximum absolute atomic E-state index is 6.10. The predicted molar refractivity (Wildman–Crippen MR) is 101 cm³/mol. The Labute approximate surface area is 143 Å². The average Bonchev–Trinajstić information content (AvgIpc) is 2.51. The lowest BCUT2D eigenvalue weighted by Gasteiger charge is -2.22. The molecule has 0 aliphatic heterocycles. The summed E-state index contributed by atoms with van der Waals surface area (Å²) < 4.78 is 5.70. The second-order valence-corrected chi connectivity index (χ2v) is 6.69. The fourth-order valence-corrected chi connectivity index (χ4v) is 2.72. The third-order valence-electron chi connectivity index (χ3n) is 4.03. The molecule has 0 radical (unpaired) electrons. The quantitative estimate of drug-likeness (QED) is 0.557. The first-order chi connectivity index (χ1) is 11.1. The molecular weight excluding hydrogens is 284 g/mol. The van der Waals surface area contributed by atoms with Crippen molar-refractivity contribution in [2.45, 2.75) is 72.3 Å². The Hall–Kier alpha value is -1.22. The van der Waals surface area contributed by atoms with Gasteiger partial charge in [-0.15, -0.1) is 0 Å². The monoisotopic (exact) mass is 320 g/mol. The summed E-state index contributed by atoms with van der Waals surface area (Å²) in [7, 11) is 0. The minimum atomic E-state index is 0.161. The van der Waals surface area contributed by atoms with Gasteiger partial charge in [0.15, 0.2) is 0 Å². The molecule has 3 heteroatoms. The van der Waals surface area contributed by atoms with Crippen LogP contribution in [0.3, 0.4) is 0 Å². The summed E-state index contributed by atoms with van der Waals surface area (Å²) in [6.07, 6.45) is 7.59. The molecule has 3 nitrogen and oxygen atoms in total. The van der Waals surface area contributed by atoms with Crippen LogP contribution in [0.25, 0.3) is 0 Å². The van der Waals surface area contributed by atoms with Crippen LogP contribution in [0.15, 0.2) is 18.2 Å². The summed E-state index contributed by atoms with van der Waals surface area (Å²) in [5, 5.41) is 0. The normalized spacial score (nSPS) is 11.4. The maximum Gasteiger partial charge on any atom is 0.142 e. The highest BCUT2D eigenvalue weighted by atomic mass is 16.5. The Morgan fingerprint density at radius 2 is 1.61 bits per heavy atom. The van der Waals surface area contributed by atoms with E-state index in [2.05, 4.69) is 30.9 Å². The van der Waals surface area contributed by atoms with Crippen LogP contribution in [0.1, 0.15) is 65.4 Å². The number of ether oxygens (including phenoxy) is 1. The van der Waals surface area contributed by atoms with Gasteiger partial charge >= 0.3 is 0 Å². The molecule has 1 aromatic carbocycles. The summed E-state index contributed by atoms with van der Waals surface area (Å²) in [5.74, 6) is 0.802. The summed E-state index contributed by atoms with van der Waals surface area (Å²) >= 11 is 0. The highest BCUT2D eigenvalue weighted by molar-refractivity contribution is 5.54. The van der Waals surface area contributed by atoms with Gasteiger partial charge in [0, 0.05) is 0 Å². The second-order valence-electron chi connectivity index (χ2n) is 6.69. The zero-order valence-electron chi connectivity index (χ0n) is 15.6. The fourth-order valence-electron chi connectivity index (χ4n) is 2.72. The van der Waals surface area contributed by atoms with E-state index in [-0.39, 0.29) is 6.10 Å². The van der Waals surface area contributed by atoms with E-state index in [0.29, 0.717) is 0 Å². The molecule has 1 rings (SSSR count). The van der Waals surface area contributed by atoms with E-state index in [1.54, 1.807) is 0 Å². The highest BCUT2D eigenvalue weighted by Crippen LogP contribution is 2.24. The summed E-state index contributed by atoms with van der Waals surface area (Å²) in [6.45, 7) is 12.2. The topological polar surface area (TPSA) is 38.5 Å². The van der Waals surface area contributed by atoms with Gasteiger partial charge in [-0.05, 0) is 76.9 Å². The molecular formula is C20H36N2O. The van der Waals surface area contributed by atoms with Gasteiger partial charge in [-0.1, -0.05) is 32.8 Å². The number of nitrogens with zero attached hydrogens (tertiary/aromatic N) is 1. The van der Waals surface area contributed by atoms with Crippen molar-refractivity contribution in [3.05, 3.63) is 23.8 Å². The SMILES string of the molecule is CCCCN(CCCC)CCCc1ccc(OC(C)C)c(N)c1. The first-order valence-corrected chi connectivity index (χ1v) is 9.34. The third kappa shape index (κ3) is 8.26. The molecule has 0 spiro atoms. The van der Waals surface area contributed by atoms with Crippen LogP contribution in [0, 0.1) is 0 Å². The van der Waals surface area contributed by atoms with Crippen LogP contribution in [0.4, 0.5) is 5.69 Å². The summed E-state index contributed by atoms with van der Waals surface area (Å²) in [5.41, 5.74) is 8.16. The van der Waals surface area contributed by atoms with Crippen molar-refractivity contribution in [1.82, 2.24) is 4.90 Å². The van der Waals surface area contributed by atoms with E-state index < -0.39 is 0 Å². The van der Waals surface area contributed by atoms with E-state index in [1.807, 2.05) is 19.9 Å². The Morgan fingerprint density at radius 1 is 1.00 bits per heavy atom. The van der Waals surface area contributed by atoms with Crippen LogP contribution >= 0.6 is 0 Å². The lowest BCUT2D eigenvalue weighted by molar-refractivity contribution is 0.244. The molecule has 0 aliphatic rings. The molecule has 132 valence electrons. The Morgan fingerprint density at radius 3 is 2.13 bits per heavy atom. The number of rotatable bonds is 12. The first kappa shape index (κ1) is 19.8. The molecule has 2 N–H and O–H groups in total. The van der Waals surface area contributed by atoms with Crippen molar-refractivity contribution in [2.24, 2.45) is 0 Å². The van der Waals surface area contributed by atoms with E-state index >= 15 is 0 Å². The third-order valence-corrected chi connectivity index (χ3v) is 4.03. The van der Waals surface area contributed by atoms with Crippen molar-refractivity contribution >= 4 is 5.69 Å². The van der Waals surface area contributed by atoms with Crippen molar-refractivity contribution in [1.29, 1.82) is 0 Å². The largest absolute Gasteiger partial charge is 0.489 e. The van der Waals surface area contributed by atoms with Crippen molar-refractivity contribution < 1.29 is 4.74 Å². The minimum Gasteiger partial charge on any atom is -0.489 e. The smallest absolute Gasteiger partial charge is 0.142 e. The lowest BCUT2D eigenvalue weighted by Crippen LogP contribution is -2.27. The molecule has 0 heterocycles. The number of aryl methyl sites for hydroxylation is 1. The van der Waals surface area contributed by atoms with E-state index in [9.17, 15) is 0 Å². The van der Waals surface area contributed by atoms with E-state index in [0.717, 1.165) is 17.9 Å². The number of nitrogens with two attached hydrogens (primary N) is 1. The maximum atomic E-state index is 6.10. The zero-order valence-corrected chi connectivity index (χ0v) is 15.6. The van der Waals surface area contributed by atoms with E-state index in [1.165, 1.54) is 57.3 Å². The van der Waals surface area contributed by atoms with Crippen molar-refractivity contribution in [3.63, 3.8) is 0 Å². The first-order valence-electron chi connectivity index (χ1n) is 9.34. The highest BCUT2D eigenvalue weighted by Gasteiger charge is 2.06. The number of hydrogen-bond donors (Lipinski definition) is 1. The molecule has 23 heavy (non-hydrogen) atoms. The predicted octanol–water partition coefficient (Wildman–Crippen LogP) is 4.89. The van der Waals surface area contributed by atoms with Gasteiger partial charge in [-0.3, -0.25) is 0 Å². The zero-order chi connectivity index (χ0) is 17.1. The van der Waals surface area contributed by atoms with Gasteiger partial charge in [0.05, 0.1) is 11.8 Å². The van der Waals surface area contributed by atoms with Gasteiger partial charge in [0.2, 0.25) is 0 Å². The van der Waals surface area contributed by atoms with Crippen LogP contribution in [0.5, 0.6) is 5.75 Å². The van der Waals surface area contributed by atoms with Gasteiger partial charge in [0.25, 0.3) is 0 Å². The summed E-state index contributed by atoms with van der Waals surface area (Å²) in [6, 6.07) is 6.23. The molecule has 0 bridgehead atoms. The molecule has 0 atom stereocenters. The molecule has 0 unspecified atom stereocenters. The minimum absolute atomic E-state index is 0.161. The fraction of sp³-hybridized carbons (Fsp3) is 0.700. The molecule has 0 aromatic heterocycles. The Bertz CT molecular complexity index is 424. The number of hydrogen-bond acceptors (Lipinski definition) is 3. The standard InChI is InChI=1S/C20H36N2O/c1-5-7-13-22(14-8-6-2)15-9-10-18-11-12-20(19(21)16-18)23-17(3)4/h11-12,16-17H,5-10,13-15,21H2,1-4H3. The number of nitrogen functional groups attached to an aromatic ring is 1. The van der Waals surface area contributed by atoms with Crippen LogP contribution < -0.4 is 10.5 Å². The molecule has 1 aromatic rings. The molecule has 0 fully saturated rings. The second kappa shape index (κ2) is 11.3. The molecule has 0 saturated heterocycles. The van der Waals surface area contributed by atoms with Crippen LogP contribution in [-0.2, 0) is 6.42 Å². The van der Waals surface area contributed by atoms with Crippen LogP contribution in [0.2, 0.25) is 0 Å². The van der Waals surface area contributed by atoms with Crippen molar-refractivity contribution in [2.75, 3.05) is 25.4 Å². The lowest BCUT2D eigenvalue weighted by atomic mass is 10.1. The molecule has 0 aliphatic carbocycles. The van der Waals surface area contributed by atoms with Crippen LogP contribution in [-0.4, -0.2) is 30.6 Å². The molecule has 0 amide bonds. The Balaban J connectivity index is 2.44. The molecule has 0 saturated carbocycles. The van der Waals surface area contributed by atoms with Gasteiger partial charge in [0.1, 0.15) is 5.75 Å². The Kier molecular flexibility index (Phi) is 9.77. The summed E-state index contributed by atoms with van der Waals surface area (Å²) in [4.78, 5) is 2.62. The number of benzene rings is 1. The van der Waals surface area contributed by atoms with Gasteiger partial charge in [-0.25, -0.2) is 0 Å². The van der Waals surface area contributed by atoms with Gasteiger partial charge in [-0.2, -0.15) is 0 Å². The average molecular weight is 321 g/mol. The van der Waals surface area contributed by atoms with Gasteiger partial charge < -0.3 is 15.4 Å². The number of unbranched alkanes of at least 4 members (excludes halogenated alkanes) is 2. The van der Waals surface area contributed by atoms with Crippen molar-refractivity contribution in [3.8, 4) is 5.75 Å². The number of anilines is 1. The van der Waals surface area contributed by atoms with E-state index in [4.69, 9.17) is 10.5 Å².